The van der Waals surface area contributed by atoms with Crippen molar-refractivity contribution in [2.45, 2.75) is 32.3 Å². The summed E-state index contributed by atoms with van der Waals surface area (Å²) >= 11 is 0. The Morgan fingerprint density at radius 3 is 2.14 bits per heavy atom. The Bertz CT molecular complexity index is 1030. The highest BCUT2D eigenvalue weighted by atomic mass is 16.5. The summed E-state index contributed by atoms with van der Waals surface area (Å²) in [5.41, 5.74) is 0.982. The fourth-order valence-electron chi connectivity index (χ4n) is 4.44. The van der Waals surface area contributed by atoms with Crippen molar-refractivity contribution in [3.05, 3.63) is 83.4 Å². The van der Waals surface area contributed by atoms with Crippen LogP contribution >= 0.6 is 0 Å². The lowest BCUT2D eigenvalue weighted by molar-refractivity contribution is -0.0468. The lowest BCUT2D eigenvalue weighted by Crippen LogP contribution is -2.53. The standard InChI is InChI=1S/C24H24O4/c1-15-19-11-9-18(26)14-22(19)28-24(23(15,2)3,16-7-5-4-6-8-16)20-12-10-17(25)13-21(20)27/h4-15,25-27H,1-3H3. The summed E-state index contributed by atoms with van der Waals surface area (Å²) in [5.74, 6) is 0.729. The molecule has 0 amide bonds. The number of fused-ring (bicyclic) bond motifs is 1. The third kappa shape index (κ3) is 2.44. The monoisotopic (exact) mass is 376 g/mol. The zero-order chi connectivity index (χ0) is 20.1. The first kappa shape index (κ1) is 18.2. The van der Waals surface area contributed by atoms with Gasteiger partial charge in [0.2, 0.25) is 0 Å². The largest absolute Gasteiger partial charge is 0.508 e. The number of rotatable bonds is 2. The molecule has 3 N–H and O–H groups in total. The van der Waals surface area contributed by atoms with Crippen LogP contribution in [0.3, 0.4) is 0 Å². The molecule has 1 heterocycles. The van der Waals surface area contributed by atoms with Gasteiger partial charge in [-0.25, -0.2) is 0 Å². The minimum absolute atomic E-state index is 0.0100. The van der Waals surface area contributed by atoms with E-state index in [1.54, 1.807) is 24.3 Å². The van der Waals surface area contributed by atoms with Crippen LogP contribution in [0.2, 0.25) is 0 Å². The van der Waals surface area contributed by atoms with Gasteiger partial charge in [0.1, 0.15) is 23.0 Å². The van der Waals surface area contributed by atoms with E-state index in [4.69, 9.17) is 4.74 Å². The molecule has 0 saturated heterocycles. The van der Waals surface area contributed by atoms with E-state index in [2.05, 4.69) is 20.8 Å². The van der Waals surface area contributed by atoms with Crippen LogP contribution in [0.25, 0.3) is 0 Å². The minimum atomic E-state index is -1.02. The van der Waals surface area contributed by atoms with Gasteiger partial charge in [-0.05, 0) is 29.7 Å². The Morgan fingerprint density at radius 1 is 0.821 bits per heavy atom. The molecular weight excluding hydrogens is 352 g/mol. The highest BCUT2D eigenvalue weighted by Gasteiger charge is 2.57. The van der Waals surface area contributed by atoms with E-state index in [-0.39, 0.29) is 23.2 Å². The number of ether oxygens (including phenoxy) is 1. The van der Waals surface area contributed by atoms with Crippen LogP contribution in [-0.4, -0.2) is 15.3 Å². The van der Waals surface area contributed by atoms with E-state index >= 15 is 0 Å². The van der Waals surface area contributed by atoms with Crippen LogP contribution < -0.4 is 4.74 Å². The highest BCUT2D eigenvalue weighted by Crippen LogP contribution is 2.61. The number of hydrogen-bond acceptors (Lipinski definition) is 4. The average Bonchev–Trinajstić information content (AvgIpc) is 2.66. The molecule has 2 unspecified atom stereocenters. The molecule has 4 nitrogen and oxygen atoms in total. The molecule has 3 aromatic carbocycles. The smallest absolute Gasteiger partial charge is 0.168 e. The van der Waals surface area contributed by atoms with E-state index in [1.165, 1.54) is 6.07 Å². The van der Waals surface area contributed by atoms with Crippen molar-refractivity contribution >= 4 is 0 Å². The summed E-state index contributed by atoms with van der Waals surface area (Å²) in [4.78, 5) is 0. The molecule has 4 heteroatoms. The maximum Gasteiger partial charge on any atom is 0.168 e. The van der Waals surface area contributed by atoms with Gasteiger partial charge < -0.3 is 20.1 Å². The van der Waals surface area contributed by atoms with Crippen molar-refractivity contribution in [3.63, 3.8) is 0 Å². The molecular formula is C24H24O4. The van der Waals surface area contributed by atoms with Gasteiger partial charge in [-0.3, -0.25) is 0 Å². The summed E-state index contributed by atoms with van der Waals surface area (Å²) < 4.78 is 6.68. The second-order valence-electron chi connectivity index (χ2n) is 8.02. The van der Waals surface area contributed by atoms with E-state index in [9.17, 15) is 15.3 Å². The lowest BCUT2D eigenvalue weighted by Gasteiger charge is -2.54. The van der Waals surface area contributed by atoms with Crippen molar-refractivity contribution in [3.8, 4) is 23.0 Å². The van der Waals surface area contributed by atoms with Crippen LogP contribution in [0.5, 0.6) is 23.0 Å². The Kier molecular flexibility index (Phi) is 4.03. The van der Waals surface area contributed by atoms with Crippen LogP contribution in [-0.2, 0) is 5.60 Å². The van der Waals surface area contributed by atoms with Gasteiger partial charge in [0.15, 0.2) is 5.60 Å². The summed E-state index contributed by atoms with van der Waals surface area (Å²) in [6.45, 7) is 6.37. The minimum Gasteiger partial charge on any atom is -0.508 e. The van der Waals surface area contributed by atoms with Gasteiger partial charge in [-0.1, -0.05) is 57.2 Å². The van der Waals surface area contributed by atoms with E-state index in [0.717, 1.165) is 11.1 Å². The Labute approximate surface area is 164 Å². The van der Waals surface area contributed by atoms with Crippen molar-refractivity contribution < 1.29 is 20.1 Å². The first-order chi connectivity index (χ1) is 13.3. The lowest BCUT2D eigenvalue weighted by atomic mass is 9.58. The SMILES string of the molecule is CC1c2ccc(O)cc2OC(c2ccccc2)(c2ccc(O)cc2O)C1(C)C. The number of aromatic hydroxyl groups is 3. The second kappa shape index (κ2) is 6.20. The van der Waals surface area contributed by atoms with Gasteiger partial charge in [-0.15, -0.1) is 0 Å². The average molecular weight is 376 g/mol. The molecule has 3 aromatic rings. The molecule has 0 aliphatic carbocycles. The number of hydrogen-bond donors (Lipinski definition) is 3. The molecule has 0 fully saturated rings. The van der Waals surface area contributed by atoms with E-state index < -0.39 is 11.0 Å². The number of phenols is 3. The van der Waals surface area contributed by atoms with Gasteiger partial charge in [0.25, 0.3) is 0 Å². The van der Waals surface area contributed by atoms with Gasteiger partial charge in [-0.2, -0.15) is 0 Å². The fraction of sp³-hybridized carbons (Fsp3) is 0.250. The van der Waals surface area contributed by atoms with E-state index in [1.807, 2.05) is 36.4 Å². The molecule has 0 radical (unpaired) electrons. The molecule has 0 spiro atoms. The van der Waals surface area contributed by atoms with Crippen molar-refractivity contribution in [1.29, 1.82) is 0 Å². The molecule has 28 heavy (non-hydrogen) atoms. The summed E-state index contributed by atoms with van der Waals surface area (Å²) in [6, 6.07) is 19.6. The normalized spacial score (nSPS) is 22.9. The first-order valence-corrected chi connectivity index (χ1v) is 9.37. The number of phenolic OH excluding ortho intramolecular Hbond substituents is 3. The Morgan fingerprint density at radius 2 is 1.46 bits per heavy atom. The third-order valence-corrected chi connectivity index (χ3v) is 6.26. The summed E-state index contributed by atoms with van der Waals surface area (Å²) in [7, 11) is 0. The summed E-state index contributed by atoms with van der Waals surface area (Å²) in [6.07, 6.45) is 0. The number of benzene rings is 3. The molecule has 0 bridgehead atoms. The van der Waals surface area contributed by atoms with Gasteiger partial charge in [0.05, 0.1) is 0 Å². The predicted octanol–water partition coefficient (Wildman–Crippen LogP) is 5.27. The van der Waals surface area contributed by atoms with Crippen molar-refractivity contribution in [2.24, 2.45) is 5.41 Å². The van der Waals surface area contributed by atoms with Crippen LogP contribution in [0, 0.1) is 5.41 Å². The molecule has 0 saturated carbocycles. The Hall–Kier alpha value is -3.14. The van der Waals surface area contributed by atoms with Gasteiger partial charge >= 0.3 is 0 Å². The van der Waals surface area contributed by atoms with E-state index in [0.29, 0.717) is 11.3 Å². The molecule has 144 valence electrons. The van der Waals surface area contributed by atoms with Crippen molar-refractivity contribution in [2.75, 3.05) is 0 Å². The highest BCUT2D eigenvalue weighted by molar-refractivity contribution is 5.55. The summed E-state index contributed by atoms with van der Waals surface area (Å²) in [5, 5.41) is 30.7. The maximum atomic E-state index is 10.8. The Balaban J connectivity index is 2.08. The molecule has 2 atom stereocenters. The zero-order valence-corrected chi connectivity index (χ0v) is 16.2. The molecule has 4 rings (SSSR count). The van der Waals surface area contributed by atoms with Gasteiger partial charge in [0, 0.05) is 28.7 Å². The quantitative estimate of drug-likeness (QED) is 0.570. The molecule has 1 aliphatic heterocycles. The van der Waals surface area contributed by atoms with Crippen LogP contribution in [0.15, 0.2) is 66.7 Å². The first-order valence-electron chi connectivity index (χ1n) is 9.37. The zero-order valence-electron chi connectivity index (χ0n) is 16.2. The third-order valence-electron chi connectivity index (χ3n) is 6.26. The van der Waals surface area contributed by atoms with Crippen LogP contribution in [0.4, 0.5) is 0 Å². The molecule has 0 aromatic heterocycles. The fourth-order valence-corrected chi connectivity index (χ4v) is 4.44. The maximum absolute atomic E-state index is 10.8. The topological polar surface area (TPSA) is 69.9 Å². The van der Waals surface area contributed by atoms with Crippen molar-refractivity contribution in [1.82, 2.24) is 0 Å². The molecule has 1 aliphatic rings. The second-order valence-corrected chi connectivity index (χ2v) is 8.02. The van der Waals surface area contributed by atoms with Crippen LogP contribution in [0.1, 0.15) is 43.4 Å². The predicted molar refractivity (Wildman–Crippen MR) is 108 cm³/mol.